The lowest BCUT2D eigenvalue weighted by Gasteiger charge is -2.17. The molecular formula is C29H31BF2N2O2. The van der Waals surface area contributed by atoms with Crippen molar-refractivity contribution in [3.63, 3.8) is 0 Å². The van der Waals surface area contributed by atoms with Crippen molar-refractivity contribution >= 4 is 18.7 Å². The minimum absolute atomic E-state index is 0.0475. The molecular weight excluding hydrogens is 457 g/mol. The largest absolute Gasteiger partial charge is 0.677 e. The molecule has 3 aromatic rings. The van der Waals surface area contributed by atoms with Crippen LogP contribution in [0, 0.1) is 13.8 Å². The summed E-state index contributed by atoms with van der Waals surface area (Å²) in [5, 5.41) is 20.2. The van der Waals surface area contributed by atoms with Gasteiger partial charge < -0.3 is 14.7 Å². The van der Waals surface area contributed by atoms with Gasteiger partial charge in [-0.05, 0) is 92.1 Å². The van der Waals surface area contributed by atoms with Gasteiger partial charge in [-0.3, -0.25) is 13.6 Å². The second-order valence-electron chi connectivity index (χ2n) is 9.20. The molecule has 0 radical (unpaired) electrons. The number of allylic oxidation sites excluding steroid dienone is 2. The fraction of sp³-hybridized carbons (Fsp3) is 0.276. The molecule has 0 fully saturated rings. The van der Waals surface area contributed by atoms with Crippen LogP contribution in [0.3, 0.4) is 0 Å². The molecule has 4 nitrogen and oxygen atoms in total. The zero-order valence-electron chi connectivity index (χ0n) is 21.6. The Labute approximate surface area is 211 Å². The normalized spacial score (nSPS) is 14.9. The molecule has 36 heavy (non-hydrogen) atoms. The van der Waals surface area contributed by atoms with E-state index >= 15 is 0 Å². The maximum atomic E-state index is 14.5. The number of phenolic OH excluding ortho intramolecular Hbond substituents is 2. The summed E-state index contributed by atoms with van der Waals surface area (Å²) in [7, 11) is -2.69. The Morgan fingerprint density at radius 1 is 0.944 bits per heavy atom. The van der Waals surface area contributed by atoms with Gasteiger partial charge in [-0.1, -0.05) is 38.1 Å². The van der Waals surface area contributed by atoms with E-state index < -0.39 is 7.40 Å². The van der Waals surface area contributed by atoms with Crippen LogP contribution in [-0.4, -0.2) is 27.8 Å². The van der Waals surface area contributed by atoms with Gasteiger partial charge in [0, 0.05) is 28.2 Å². The van der Waals surface area contributed by atoms with Crippen LogP contribution in [0.2, 0.25) is 0 Å². The topological polar surface area (TPSA) is 57.8 Å². The zero-order valence-corrected chi connectivity index (χ0v) is 21.6. The summed E-state index contributed by atoms with van der Waals surface area (Å²) in [5.74, 6) is 0.0957. The Balaban J connectivity index is 2.02. The molecule has 7 heteroatoms. The number of phenols is 2. The number of aromatic hydroxyl groups is 2. The summed E-state index contributed by atoms with van der Waals surface area (Å²) in [6.45, 7) is 11.7. The van der Waals surface area contributed by atoms with Crippen molar-refractivity contribution in [1.82, 2.24) is 4.48 Å². The molecule has 1 aliphatic heterocycles. The molecule has 0 unspecified atom stereocenters. The van der Waals surface area contributed by atoms with E-state index in [2.05, 4.69) is 6.92 Å². The highest BCUT2D eigenvalue weighted by Crippen LogP contribution is 2.41. The van der Waals surface area contributed by atoms with Crippen LogP contribution in [0.1, 0.15) is 62.2 Å². The average Bonchev–Trinajstić information content (AvgIpc) is 3.27. The van der Waals surface area contributed by atoms with E-state index in [-0.39, 0.29) is 11.5 Å². The van der Waals surface area contributed by atoms with E-state index in [9.17, 15) is 18.8 Å². The third kappa shape index (κ3) is 4.17. The highest BCUT2D eigenvalue weighted by atomic mass is 19.2. The molecule has 0 atom stereocenters. The Kier molecular flexibility index (Phi) is 6.94. The van der Waals surface area contributed by atoms with E-state index in [0.717, 1.165) is 44.4 Å². The van der Waals surface area contributed by atoms with Gasteiger partial charge in [-0.2, -0.15) is 0 Å². The first-order valence-corrected chi connectivity index (χ1v) is 12.2. The van der Waals surface area contributed by atoms with Crippen molar-refractivity contribution < 1.29 is 18.8 Å². The average molecular weight is 488 g/mol. The highest BCUT2D eigenvalue weighted by molar-refractivity contribution is 6.41. The van der Waals surface area contributed by atoms with Crippen LogP contribution in [-0.2, 0) is 6.42 Å². The first-order chi connectivity index (χ1) is 17.1. The third-order valence-electron chi connectivity index (χ3n) is 7.21. The SMILES string of the molecule is CCC1=C(C)/C(=C(\c2ccc(-c3cc(O)ccc3O)cc2)c2c(C)c(CC)c(C)n2B(F)F)N=C1C. The molecule has 0 saturated carbocycles. The van der Waals surface area contributed by atoms with Crippen LogP contribution in [0.25, 0.3) is 16.7 Å². The minimum Gasteiger partial charge on any atom is -0.508 e. The zero-order chi connectivity index (χ0) is 26.3. The Bertz CT molecular complexity index is 1430. The smallest absolute Gasteiger partial charge is 0.508 e. The Hall–Kier alpha value is -3.61. The van der Waals surface area contributed by atoms with Crippen LogP contribution in [0.15, 0.2) is 64.3 Å². The molecule has 0 amide bonds. The number of halogens is 2. The van der Waals surface area contributed by atoms with Gasteiger partial charge in [0.25, 0.3) is 0 Å². The number of aliphatic imine (C=N–C) groups is 1. The van der Waals surface area contributed by atoms with Crippen molar-refractivity contribution in [1.29, 1.82) is 0 Å². The second-order valence-corrected chi connectivity index (χ2v) is 9.20. The number of rotatable bonds is 6. The maximum Gasteiger partial charge on any atom is 0.677 e. The molecule has 2 heterocycles. The first kappa shape index (κ1) is 25.5. The van der Waals surface area contributed by atoms with E-state index in [0.29, 0.717) is 40.2 Å². The summed E-state index contributed by atoms with van der Waals surface area (Å²) in [6, 6.07) is 11.8. The van der Waals surface area contributed by atoms with Gasteiger partial charge in [0.05, 0.1) is 5.70 Å². The van der Waals surface area contributed by atoms with Crippen molar-refractivity contribution in [3.05, 3.63) is 87.4 Å². The van der Waals surface area contributed by atoms with Crippen molar-refractivity contribution in [2.45, 2.75) is 54.4 Å². The summed E-state index contributed by atoms with van der Waals surface area (Å²) < 4.78 is 30.1. The molecule has 0 saturated heterocycles. The predicted octanol–water partition coefficient (Wildman–Crippen LogP) is 7.48. The Morgan fingerprint density at radius 2 is 1.61 bits per heavy atom. The molecule has 0 bridgehead atoms. The van der Waals surface area contributed by atoms with Gasteiger partial charge in [0.1, 0.15) is 11.5 Å². The quantitative estimate of drug-likeness (QED) is 0.279. The highest BCUT2D eigenvalue weighted by Gasteiger charge is 2.32. The lowest BCUT2D eigenvalue weighted by molar-refractivity contribution is 0.462. The minimum atomic E-state index is -2.69. The lowest BCUT2D eigenvalue weighted by Crippen LogP contribution is -2.18. The molecule has 4 rings (SSSR count). The number of hydrogen-bond acceptors (Lipinski definition) is 3. The van der Waals surface area contributed by atoms with Gasteiger partial charge in [0.15, 0.2) is 0 Å². The summed E-state index contributed by atoms with van der Waals surface area (Å²) in [5.41, 5.74) is 9.16. The molecule has 1 aliphatic rings. The molecule has 0 aliphatic carbocycles. The Morgan fingerprint density at radius 3 is 2.17 bits per heavy atom. The van der Waals surface area contributed by atoms with Gasteiger partial charge in [-0.25, -0.2) is 0 Å². The monoisotopic (exact) mass is 488 g/mol. The molecule has 0 spiro atoms. The summed E-state index contributed by atoms with van der Waals surface area (Å²) in [4.78, 5) is 4.88. The number of benzene rings is 2. The predicted molar refractivity (Wildman–Crippen MR) is 144 cm³/mol. The molecule has 2 N–H and O–H groups in total. The van der Waals surface area contributed by atoms with Crippen molar-refractivity contribution in [2.24, 2.45) is 4.99 Å². The number of hydrogen-bond donors (Lipinski definition) is 2. The first-order valence-electron chi connectivity index (χ1n) is 12.2. The number of aromatic nitrogens is 1. The van der Waals surface area contributed by atoms with Crippen LogP contribution >= 0.6 is 0 Å². The van der Waals surface area contributed by atoms with Crippen LogP contribution in [0.5, 0.6) is 11.5 Å². The van der Waals surface area contributed by atoms with E-state index in [1.165, 1.54) is 18.2 Å². The van der Waals surface area contributed by atoms with E-state index in [4.69, 9.17) is 4.99 Å². The fourth-order valence-corrected chi connectivity index (χ4v) is 5.44. The van der Waals surface area contributed by atoms with E-state index in [1.807, 2.05) is 52.0 Å². The van der Waals surface area contributed by atoms with Crippen molar-refractivity contribution in [2.75, 3.05) is 0 Å². The lowest BCUT2D eigenvalue weighted by atomic mass is 9.91. The molecule has 186 valence electrons. The van der Waals surface area contributed by atoms with E-state index in [1.54, 1.807) is 6.92 Å². The maximum absolute atomic E-state index is 14.5. The second kappa shape index (κ2) is 9.80. The molecule has 1 aromatic heterocycles. The number of nitrogens with zero attached hydrogens (tertiary/aromatic N) is 2. The molecule has 2 aromatic carbocycles. The summed E-state index contributed by atoms with van der Waals surface area (Å²) >= 11 is 0. The van der Waals surface area contributed by atoms with Gasteiger partial charge in [0.2, 0.25) is 0 Å². The third-order valence-corrected chi connectivity index (χ3v) is 7.21. The van der Waals surface area contributed by atoms with Crippen molar-refractivity contribution in [3.8, 4) is 22.6 Å². The van der Waals surface area contributed by atoms with Crippen LogP contribution in [0.4, 0.5) is 8.63 Å². The standard InChI is InChI=1S/C29H31BF2N2O2/c1-7-23-16(3)28(33-18(23)5)27(29-17(4)24(8-2)19(6)34(29)30(31)32)21-11-9-20(10-12-21)25-15-22(35)13-14-26(25)36/h9-15,35-36H,7-8H2,1-6H3/b28-27-. The fourth-order valence-electron chi connectivity index (χ4n) is 5.44. The van der Waals surface area contributed by atoms with Gasteiger partial charge >= 0.3 is 7.40 Å². The van der Waals surface area contributed by atoms with Gasteiger partial charge in [-0.15, -0.1) is 0 Å². The van der Waals surface area contributed by atoms with Crippen LogP contribution < -0.4 is 0 Å². The summed E-state index contributed by atoms with van der Waals surface area (Å²) in [6.07, 6.45) is 1.46.